The maximum absolute atomic E-state index is 5.54. The van der Waals surface area contributed by atoms with Gasteiger partial charge in [-0.15, -0.1) is 0 Å². The number of hydrogen-bond donors (Lipinski definition) is 1. The molecular formula is C13H16N4O. The summed E-state index contributed by atoms with van der Waals surface area (Å²) in [5, 5.41) is 3.18. The molecule has 1 N–H and O–H groups in total. The Hall–Kier alpha value is -2.17. The summed E-state index contributed by atoms with van der Waals surface area (Å²) in [7, 11) is 0. The van der Waals surface area contributed by atoms with E-state index in [1.54, 1.807) is 24.8 Å². The van der Waals surface area contributed by atoms with Crippen LogP contribution in [0.5, 0.6) is 5.88 Å². The summed E-state index contributed by atoms with van der Waals surface area (Å²) in [4.78, 5) is 12.3. The number of anilines is 1. The van der Waals surface area contributed by atoms with Gasteiger partial charge in [-0.05, 0) is 25.5 Å². The summed E-state index contributed by atoms with van der Waals surface area (Å²) in [6.45, 7) is 4.62. The quantitative estimate of drug-likeness (QED) is 0.874. The van der Waals surface area contributed by atoms with E-state index in [0.29, 0.717) is 12.4 Å². The number of ether oxygens (including phenoxy) is 1. The average molecular weight is 244 g/mol. The molecule has 0 unspecified atom stereocenters. The van der Waals surface area contributed by atoms with Crippen molar-refractivity contribution in [2.45, 2.75) is 26.5 Å². The Morgan fingerprint density at radius 1 is 1.22 bits per heavy atom. The molecule has 5 nitrogen and oxygen atoms in total. The van der Waals surface area contributed by atoms with E-state index >= 15 is 0 Å². The summed E-state index contributed by atoms with van der Waals surface area (Å²) in [5.41, 5.74) is 1.09. The molecule has 94 valence electrons. The molecule has 0 saturated carbocycles. The van der Waals surface area contributed by atoms with Crippen molar-refractivity contribution in [1.82, 2.24) is 15.0 Å². The summed E-state index contributed by atoms with van der Waals surface area (Å²) >= 11 is 0. The van der Waals surface area contributed by atoms with E-state index < -0.39 is 0 Å². The summed E-state index contributed by atoms with van der Waals surface area (Å²) in [5.74, 6) is 1.39. The van der Waals surface area contributed by atoms with Crippen molar-refractivity contribution in [2.75, 3.05) is 5.32 Å². The molecule has 0 aliphatic carbocycles. The van der Waals surface area contributed by atoms with E-state index in [9.17, 15) is 0 Å². The maximum atomic E-state index is 5.54. The summed E-state index contributed by atoms with van der Waals surface area (Å²) in [6, 6.07) is 3.86. The van der Waals surface area contributed by atoms with Gasteiger partial charge in [-0.3, -0.25) is 4.98 Å². The van der Waals surface area contributed by atoms with Gasteiger partial charge in [0.15, 0.2) is 0 Å². The fourth-order valence-electron chi connectivity index (χ4n) is 1.45. The molecule has 2 aromatic rings. The predicted octanol–water partition coefficient (Wildman–Crippen LogP) is 2.27. The standard InChI is InChI=1S/C13H16N4O/c1-10(2)18-13-7-11(3-4-16-13)8-17-12-9-14-5-6-15-12/h3-7,9-10H,8H2,1-2H3,(H,15,17). The average Bonchev–Trinajstić information content (AvgIpc) is 2.37. The van der Waals surface area contributed by atoms with E-state index in [-0.39, 0.29) is 6.10 Å². The van der Waals surface area contributed by atoms with Crippen molar-refractivity contribution in [2.24, 2.45) is 0 Å². The Bertz CT molecular complexity index is 487. The molecule has 2 rings (SSSR count). The van der Waals surface area contributed by atoms with Crippen LogP contribution < -0.4 is 10.1 Å². The highest BCUT2D eigenvalue weighted by molar-refractivity contribution is 5.32. The van der Waals surface area contributed by atoms with Crippen LogP contribution in [-0.4, -0.2) is 21.1 Å². The lowest BCUT2D eigenvalue weighted by molar-refractivity contribution is 0.232. The number of hydrogen-bond acceptors (Lipinski definition) is 5. The Morgan fingerprint density at radius 3 is 2.83 bits per heavy atom. The monoisotopic (exact) mass is 244 g/mol. The molecular weight excluding hydrogens is 228 g/mol. The van der Waals surface area contributed by atoms with Crippen molar-refractivity contribution < 1.29 is 4.74 Å². The van der Waals surface area contributed by atoms with Crippen LogP contribution in [0.4, 0.5) is 5.82 Å². The normalized spacial score (nSPS) is 10.4. The molecule has 2 aromatic heterocycles. The molecule has 0 atom stereocenters. The molecule has 0 amide bonds. The molecule has 0 fully saturated rings. The van der Waals surface area contributed by atoms with Gasteiger partial charge in [0.25, 0.3) is 0 Å². The first kappa shape index (κ1) is 12.3. The topological polar surface area (TPSA) is 59.9 Å². The number of nitrogens with zero attached hydrogens (tertiary/aromatic N) is 3. The summed E-state index contributed by atoms with van der Waals surface area (Å²) < 4.78 is 5.54. The van der Waals surface area contributed by atoms with E-state index in [0.717, 1.165) is 11.4 Å². The van der Waals surface area contributed by atoms with Crippen LogP contribution in [0.15, 0.2) is 36.9 Å². The smallest absolute Gasteiger partial charge is 0.213 e. The lowest BCUT2D eigenvalue weighted by Gasteiger charge is -2.10. The fraction of sp³-hybridized carbons (Fsp3) is 0.308. The first-order valence-electron chi connectivity index (χ1n) is 5.85. The van der Waals surface area contributed by atoms with Crippen LogP contribution in [0.3, 0.4) is 0 Å². The minimum atomic E-state index is 0.126. The Kier molecular flexibility index (Phi) is 4.06. The third-order valence-electron chi connectivity index (χ3n) is 2.19. The van der Waals surface area contributed by atoms with Crippen molar-refractivity contribution in [3.63, 3.8) is 0 Å². The molecule has 18 heavy (non-hydrogen) atoms. The highest BCUT2D eigenvalue weighted by atomic mass is 16.5. The second-order valence-electron chi connectivity index (χ2n) is 4.11. The van der Waals surface area contributed by atoms with E-state index in [4.69, 9.17) is 4.74 Å². The third-order valence-corrected chi connectivity index (χ3v) is 2.19. The zero-order chi connectivity index (χ0) is 12.8. The second kappa shape index (κ2) is 5.95. The van der Waals surface area contributed by atoms with Crippen molar-refractivity contribution in [3.8, 4) is 5.88 Å². The van der Waals surface area contributed by atoms with Gasteiger partial charge in [0.2, 0.25) is 5.88 Å². The predicted molar refractivity (Wildman–Crippen MR) is 69.4 cm³/mol. The van der Waals surface area contributed by atoms with E-state index in [2.05, 4.69) is 20.3 Å². The number of rotatable bonds is 5. The zero-order valence-electron chi connectivity index (χ0n) is 10.5. The van der Waals surface area contributed by atoms with Gasteiger partial charge in [-0.1, -0.05) is 0 Å². The third kappa shape index (κ3) is 3.69. The molecule has 0 saturated heterocycles. The minimum Gasteiger partial charge on any atom is -0.475 e. The second-order valence-corrected chi connectivity index (χ2v) is 4.11. The molecule has 0 bridgehead atoms. The maximum Gasteiger partial charge on any atom is 0.213 e. The molecule has 0 aliphatic heterocycles. The number of aromatic nitrogens is 3. The molecule has 0 aliphatic rings. The highest BCUT2D eigenvalue weighted by Gasteiger charge is 2.01. The van der Waals surface area contributed by atoms with E-state index in [1.165, 1.54) is 0 Å². The van der Waals surface area contributed by atoms with Crippen LogP contribution in [0.1, 0.15) is 19.4 Å². The van der Waals surface area contributed by atoms with E-state index in [1.807, 2.05) is 26.0 Å². The van der Waals surface area contributed by atoms with Crippen LogP contribution in [0, 0.1) is 0 Å². The molecule has 5 heteroatoms. The van der Waals surface area contributed by atoms with Crippen LogP contribution >= 0.6 is 0 Å². The van der Waals surface area contributed by atoms with Gasteiger partial charge >= 0.3 is 0 Å². The first-order chi connectivity index (χ1) is 8.74. The van der Waals surface area contributed by atoms with Crippen molar-refractivity contribution in [3.05, 3.63) is 42.5 Å². The molecule has 0 aromatic carbocycles. The Balaban J connectivity index is 1.97. The summed E-state index contributed by atoms with van der Waals surface area (Å²) in [6.07, 6.45) is 6.85. The largest absolute Gasteiger partial charge is 0.475 e. The number of pyridine rings is 1. The minimum absolute atomic E-state index is 0.126. The lowest BCUT2D eigenvalue weighted by atomic mass is 10.2. The number of nitrogens with one attached hydrogen (secondary N) is 1. The van der Waals surface area contributed by atoms with Crippen molar-refractivity contribution >= 4 is 5.82 Å². The lowest BCUT2D eigenvalue weighted by Crippen LogP contribution is -2.08. The molecule has 0 radical (unpaired) electrons. The van der Waals surface area contributed by atoms with Crippen LogP contribution in [-0.2, 0) is 6.54 Å². The molecule has 0 spiro atoms. The van der Waals surface area contributed by atoms with Gasteiger partial charge in [0.1, 0.15) is 5.82 Å². The van der Waals surface area contributed by atoms with Crippen molar-refractivity contribution in [1.29, 1.82) is 0 Å². The van der Waals surface area contributed by atoms with Gasteiger partial charge in [-0.25, -0.2) is 9.97 Å². The fourth-order valence-corrected chi connectivity index (χ4v) is 1.45. The zero-order valence-corrected chi connectivity index (χ0v) is 10.5. The Labute approximate surface area is 106 Å². The Morgan fingerprint density at radius 2 is 2.11 bits per heavy atom. The van der Waals surface area contributed by atoms with Crippen LogP contribution in [0.25, 0.3) is 0 Å². The SMILES string of the molecule is CC(C)Oc1cc(CNc2cnccn2)ccn1. The highest BCUT2D eigenvalue weighted by Crippen LogP contribution is 2.12. The van der Waals surface area contributed by atoms with Gasteiger partial charge in [0.05, 0.1) is 12.3 Å². The molecule has 2 heterocycles. The van der Waals surface area contributed by atoms with Gasteiger partial charge in [-0.2, -0.15) is 0 Å². The van der Waals surface area contributed by atoms with Gasteiger partial charge < -0.3 is 10.1 Å². The first-order valence-corrected chi connectivity index (χ1v) is 5.85. The van der Waals surface area contributed by atoms with Crippen LogP contribution in [0.2, 0.25) is 0 Å². The van der Waals surface area contributed by atoms with Gasteiger partial charge in [0, 0.05) is 31.2 Å².